The molecule has 2 fully saturated rings. The van der Waals surface area contributed by atoms with Gasteiger partial charge >= 0.3 is 12.1 Å². The normalized spacial score (nSPS) is 20.0. The van der Waals surface area contributed by atoms with Crippen molar-refractivity contribution < 1.29 is 33.5 Å². The summed E-state index contributed by atoms with van der Waals surface area (Å²) in [5.74, 6) is -2.19. The van der Waals surface area contributed by atoms with Gasteiger partial charge in [0, 0.05) is 32.4 Å². The highest BCUT2D eigenvalue weighted by Gasteiger charge is 2.33. The van der Waals surface area contributed by atoms with E-state index in [1.165, 1.54) is 0 Å². The maximum absolute atomic E-state index is 12.2. The molecule has 2 saturated heterocycles. The lowest BCUT2D eigenvalue weighted by Gasteiger charge is -2.22. The van der Waals surface area contributed by atoms with Gasteiger partial charge in [-0.25, -0.2) is 9.59 Å². The number of carbonyl (C=O) groups is 5. The van der Waals surface area contributed by atoms with Gasteiger partial charge in [-0.1, -0.05) is 0 Å². The third kappa shape index (κ3) is 6.22. The van der Waals surface area contributed by atoms with Crippen LogP contribution in [0.3, 0.4) is 0 Å². The molecule has 1 unspecified atom stereocenters. The molecule has 10 nitrogen and oxygen atoms in total. The molecular formula is C17H25N3O7. The van der Waals surface area contributed by atoms with E-state index in [0.29, 0.717) is 24.6 Å². The number of amides is 4. The molecule has 0 aromatic rings. The Bertz CT molecular complexity index is 625. The van der Waals surface area contributed by atoms with Crippen LogP contribution in [0.2, 0.25) is 0 Å². The number of likely N-dealkylation sites (tertiary alicyclic amines) is 1. The van der Waals surface area contributed by atoms with Gasteiger partial charge in [0.25, 0.3) is 11.8 Å². The second-order valence-corrected chi connectivity index (χ2v) is 7.52. The number of hydrogen-bond donors (Lipinski definition) is 1. The van der Waals surface area contributed by atoms with Crippen LogP contribution < -0.4 is 5.32 Å². The number of rotatable bonds is 5. The van der Waals surface area contributed by atoms with Crippen molar-refractivity contribution in [3.8, 4) is 0 Å². The highest BCUT2D eigenvalue weighted by Crippen LogP contribution is 2.15. The largest absolute Gasteiger partial charge is 0.444 e. The number of hydroxylamine groups is 2. The zero-order valence-corrected chi connectivity index (χ0v) is 15.8. The van der Waals surface area contributed by atoms with Crippen molar-refractivity contribution in [2.75, 3.05) is 13.1 Å². The Morgan fingerprint density at radius 1 is 1.11 bits per heavy atom. The summed E-state index contributed by atoms with van der Waals surface area (Å²) in [6.07, 6.45) is -0.252. The zero-order valence-electron chi connectivity index (χ0n) is 15.8. The first-order valence-corrected chi connectivity index (χ1v) is 8.89. The van der Waals surface area contributed by atoms with E-state index in [4.69, 9.17) is 9.57 Å². The Balaban J connectivity index is 1.71. The third-order valence-corrected chi connectivity index (χ3v) is 4.00. The van der Waals surface area contributed by atoms with Crippen molar-refractivity contribution in [2.45, 2.75) is 64.5 Å². The minimum atomic E-state index is -0.811. The van der Waals surface area contributed by atoms with Crippen LogP contribution in [-0.4, -0.2) is 64.5 Å². The second kappa shape index (κ2) is 8.36. The van der Waals surface area contributed by atoms with Crippen LogP contribution in [0.5, 0.6) is 0 Å². The average molecular weight is 383 g/mol. The summed E-state index contributed by atoms with van der Waals surface area (Å²) in [6, 6.07) is -0.212. The lowest BCUT2D eigenvalue weighted by molar-refractivity contribution is -0.197. The average Bonchev–Trinajstić information content (AvgIpc) is 3.12. The molecule has 2 aliphatic heterocycles. The minimum Gasteiger partial charge on any atom is -0.444 e. The van der Waals surface area contributed by atoms with Gasteiger partial charge < -0.3 is 19.8 Å². The molecule has 0 aromatic heterocycles. The molecule has 1 N–H and O–H groups in total. The molecule has 0 saturated carbocycles. The molecule has 10 heteroatoms. The number of imide groups is 1. The molecule has 0 aromatic carbocycles. The van der Waals surface area contributed by atoms with Crippen molar-refractivity contribution in [3.05, 3.63) is 0 Å². The first-order valence-electron chi connectivity index (χ1n) is 8.89. The molecule has 2 aliphatic rings. The molecule has 2 rings (SSSR count). The molecule has 0 radical (unpaired) electrons. The number of nitrogens with one attached hydrogen (secondary N) is 1. The number of ether oxygens (including phenoxy) is 1. The standard InChI is InChI=1S/C17H25N3O7/c1-17(2,3)26-16(25)18-11-8-9-19(10-11)12(21)6-7-15(24)27-20-13(22)4-5-14(20)23/h11H,4-10H2,1-3H3,(H,18,25). The number of alkyl carbamates (subject to hydrolysis) is 1. The highest BCUT2D eigenvalue weighted by atomic mass is 16.7. The molecule has 0 aliphatic carbocycles. The summed E-state index contributed by atoms with van der Waals surface area (Å²) in [4.78, 5) is 64.7. The van der Waals surface area contributed by atoms with Gasteiger partial charge in [-0.3, -0.25) is 14.4 Å². The van der Waals surface area contributed by atoms with Gasteiger partial charge in [0.2, 0.25) is 5.91 Å². The van der Waals surface area contributed by atoms with Gasteiger partial charge in [-0.15, -0.1) is 5.06 Å². The van der Waals surface area contributed by atoms with Crippen LogP contribution in [0.4, 0.5) is 4.79 Å². The number of nitrogens with zero attached hydrogens (tertiary/aromatic N) is 2. The van der Waals surface area contributed by atoms with Crippen molar-refractivity contribution in [1.82, 2.24) is 15.3 Å². The van der Waals surface area contributed by atoms with Crippen LogP contribution in [0, 0.1) is 0 Å². The molecule has 150 valence electrons. The quantitative estimate of drug-likeness (QED) is 0.686. The monoisotopic (exact) mass is 383 g/mol. The molecule has 0 spiro atoms. The van der Waals surface area contributed by atoms with E-state index in [0.717, 1.165) is 0 Å². The van der Waals surface area contributed by atoms with Gasteiger partial charge in [-0.05, 0) is 27.2 Å². The van der Waals surface area contributed by atoms with Crippen molar-refractivity contribution in [2.24, 2.45) is 0 Å². The van der Waals surface area contributed by atoms with Crippen LogP contribution >= 0.6 is 0 Å². The van der Waals surface area contributed by atoms with E-state index in [1.54, 1.807) is 25.7 Å². The Morgan fingerprint density at radius 2 is 1.74 bits per heavy atom. The summed E-state index contributed by atoms with van der Waals surface area (Å²) < 4.78 is 5.18. The smallest absolute Gasteiger partial charge is 0.407 e. The SMILES string of the molecule is CC(C)(C)OC(=O)NC1CCN(C(=O)CCC(=O)ON2C(=O)CCC2=O)C1. The third-order valence-electron chi connectivity index (χ3n) is 4.00. The maximum Gasteiger partial charge on any atom is 0.407 e. The van der Waals surface area contributed by atoms with Crippen LogP contribution in [0.25, 0.3) is 0 Å². The van der Waals surface area contributed by atoms with E-state index in [1.807, 2.05) is 0 Å². The molecule has 2 heterocycles. The fourth-order valence-corrected chi connectivity index (χ4v) is 2.75. The summed E-state index contributed by atoms with van der Waals surface area (Å²) in [5.41, 5.74) is -0.601. The Kier molecular flexibility index (Phi) is 6.40. The van der Waals surface area contributed by atoms with Crippen molar-refractivity contribution in [1.29, 1.82) is 0 Å². The molecule has 27 heavy (non-hydrogen) atoms. The lowest BCUT2D eigenvalue weighted by atomic mass is 10.2. The summed E-state index contributed by atoms with van der Waals surface area (Å²) in [5, 5.41) is 3.18. The maximum atomic E-state index is 12.2. The first kappa shape index (κ1) is 20.7. The summed E-state index contributed by atoms with van der Waals surface area (Å²) in [6.45, 7) is 6.08. The van der Waals surface area contributed by atoms with E-state index in [-0.39, 0.29) is 37.6 Å². The summed E-state index contributed by atoms with van der Waals surface area (Å²) >= 11 is 0. The van der Waals surface area contributed by atoms with E-state index in [2.05, 4.69) is 5.32 Å². The van der Waals surface area contributed by atoms with Gasteiger partial charge in [-0.2, -0.15) is 0 Å². The highest BCUT2D eigenvalue weighted by molar-refractivity contribution is 6.01. The Morgan fingerprint density at radius 3 is 2.33 bits per heavy atom. The van der Waals surface area contributed by atoms with Crippen molar-refractivity contribution in [3.63, 3.8) is 0 Å². The van der Waals surface area contributed by atoms with E-state index >= 15 is 0 Å². The predicted molar refractivity (Wildman–Crippen MR) is 90.8 cm³/mol. The Hall–Kier alpha value is -2.65. The van der Waals surface area contributed by atoms with E-state index in [9.17, 15) is 24.0 Å². The topological polar surface area (TPSA) is 122 Å². The van der Waals surface area contributed by atoms with E-state index < -0.39 is 29.5 Å². The van der Waals surface area contributed by atoms with Crippen LogP contribution in [0.1, 0.15) is 52.9 Å². The van der Waals surface area contributed by atoms with Crippen molar-refractivity contribution >= 4 is 29.8 Å². The Labute approximate surface area is 157 Å². The number of carbonyl (C=O) groups excluding carboxylic acids is 5. The van der Waals surface area contributed by atoms with Gasteiger partial charge in [0.1, 0.15) is 5.60 Å². The fourth-order valence-electron chi connectivity index (χ4n) is 2.75. The number of hydrogen-bond acceptors (Lipinski definition) is 7. The van der Waals surface area contributed by atoms with Gasteiger partial charge in [0.05, 0.1) is 12.5 Å². The molecule has 0 bridgehead atoms. The molecular weight excluding hydrogens is 358 g/mol. The fraction of sp³-hybridized carbons (Fsp3) is 0.706. The van der Waals surface area contributed by atoms with Crippen LogP contribution in [0.15, 0.2) is 0 Å². The minimum absolute atomic E-state index is 0.0187. The summed E-state index contributed by atoms with van der Waals surface area (Å²) in [7, 11) is 0. The second-order valence-electron chi connectivity index (χ2n) is 7.52. The molecule has 4 amide bonds. The zero-order chi connectivity index (χ0) is 20.2. The predicted octanol–water partition coefficient (Wildman–Crippen LogP) is 0.499. The van der Waals surface area contributed by atoms with Crippen LogP contribution in [-0.2, 0) is 28.8 Å². The first-order chi connectivity index (χ1) is 12.5. The lowest BCUT2D eigenvalue weighted by Crippen LogP contribution is -2.41. The van der Waals surface area contributed by atoms with Gasteiger partial charge in [0.15, 0.2) is 0 Å². The molecule has 1 atom stereocenters.